The third kappa shape index (κ3) is 1.97. The van der Waals surface area contributed by atoms with Crippen LogP contribution in [0.1, 0.15) is 42.4 Å². The minimum absolute atomic E-state index is 0.328. The van der Waals surface area contributed by atoms with E-state index in [9.17, 15) is 0 Å². The predicted octanol–water partition coefficient (Wildman–Crippen LogP) is 4.12. The summed E-state index contributed by atoms with van der Waals surface area (Å²) < 4.78 is 5.85. The molecule has 2 nitrogen and oxygen atoms in total. The predicted molar refractivity (Wildman–Crippen MR) is 86.5 cm³/mol. The van der Waals surface area contributed by atoms with Gasteiger partial charge in [-0.25, -0.2) is 0 Å². The zero-order chi connectivity index (χ0) is 14.4. The second kappa shape index (κ2) is 4.88. The molecule has 4 rings (SSSR count). The Morgan fingerprint density at radius 2 is 2.00 bits per heavy atom. The molecule has 0 aromatic heterocycles. The topological polar surface area (TPSA) is 35.2 Å². The van der Waals surface area contributed by atoms with Crippen LogP contribution in [0.4, 0.5) is 5.69 Å². The molecule has 1 aliphatic heterocycles. The molecular formula is C19H21NO. The first-order valence-electron chi connectivity index (χ1n) is 7.87. The first-order chi connectivity index (χ1) is 10.3. The van der Waals surface area contributed by atoms with E-state index in [4.69, 9.17) is 10.5 Å². The summed E-state index contributed by atoms with van der Waals surface area (Å²) in [4.78, 5) is 0. The molecular weight excluding hydrogens is 258 g/mol. The minimum Gasteiger partial charge on any atom is -0.398 e. The lowest BCUT2D eigenvalue weighted by atomic mass is 9.89. The molecule has 0 spiro atoms. The summed E-state index contributed by atoms with van der Waals surface area (Å²) in [5.74, 6) is 0.376. The van der Waals surface area contributed by atoms with Crippen molar-refractivity contribution in [3.63, 3.8) is 0 Å². The van der Waals surface area contributed by atoms with E-state index in [-0.39, 0.29) is 0 Å². The first-order valence-corrected chi connectivity index (χ1v) is 7.87. The van der Waals surface area contributed by atoms with E-state index in [1.54, 1.807) is 0 Å². The Morgan fingerprint density at radius 1 is 1.14 bits per heavy atom. The highest BCUT2D eigenvalue weighted by Crippen LogP contribution is 2.43. The molecule has 2 N–H and O–H groups in total. The lowest BCUT2D eigenvalue weighted by Gasteiger charge is -2.22. The highest BCUT2D eigenvalue weighted by atomic mass is 16.5. The number of benzene rings is 2. The van der Waals surface area contributed by atoms with Crippen LogP contribution in [0.15, 0.2) is 36.4 Å². The van der Waals surface area contributed by atoms with Crippen LogP contribution in [0.5, 0.6) is 0 Å². The van der Waals surface area contributed by atoms with Gasteiger partial charge >= 0.3 is 0 Å². The third-order valence-electron chi connectivity index (χ3n) is 5.08. The summed E-state index contributed by atoms with van der Waals surface area (Å²) in [6, 6.07) is 13.1. The monoisotopic (exact) mass is 279 g/mol. The van der Waals surface area contributed by atoms with Crippen LogP contribution in [0.25, 0.3) is 11.1 Å². The van der Waals surface area contributed by atoms with Crippen molar-refractivity contribution < 1.29 is 4.74 Å². The fourth-order valence-corrected chi connectivity index (χ4v) is 3.85. The average molecular weight is 279 g/mol. The number of anilines is 1. The fourth-order valence-electron chi connectivity index (χ4n) is 3.85. The van der Waals surface area contributed by atoms with Crippen LogP contribution in [0.3, 0.4) is 0 Å². The van der Waals surface area contributed by atoms with Gasteiger partial charge in [-0.3, -0.25) is 0 Å². The van der Waals surface area contributed by atoms with Gasteiger partial charge in [0.25, 0.3) is 0 Å². The molecule has 0 bridgehead atoms. The van der Waals surface area contributed by atoms with E-state index in [0.717, 1.165) is 25.1 Å². The van der Waals surface area contributed by atoms with Gasteiger partial charge in [0.05, 0.1) is 6.10 Å². The summed E-state index contributed by atoms with van der Waals surface area (Å²) >= 11 is 0. The largest absolute Gasteiger partial charge is 0.398 e. The van der Waals surface area contributed by atoms with Crippen LogP contribution < -0.4 is 5.73 Å². The summed E-state index contributed by atoms with van der Waals surface area (Å²) in [5.41, 5.74) is 14.1. The Labute approximate surface area is 125 Å². The molecule has 108 valence electrons. The summed E-state index contributed by atoms with van der Waals surface area (Å²) in [6.45, 7) is 3.14. The zero-order valence-corrected chi connectivity index (χ0v) is 12.4. The number of hydrogen-bond acceptors (Lipinski definition) is 2. The van der Waals surface area contributed by atoms with Crippen molar-refractivity contribution in [2.45, 2.75) is 38.2 Å². The molecule has 1 aliphatic carbocycles. The molecule has 2 aromatic carbocycles. The quantitative estimate of drug-likeness (QED) is 0.716. The number of ether oxygens (including phenoxy) is 1. The van der Waals surface area contributed by atoms with Gasteiger partial charge in [0.15, 0.2) is 0 Å². The molecule has 1 saturated heterocycles. The van der Waals surface area contributed by atoms with E-state index >= 15 is 0 Å². The van der Waals surface area contributed by atoms with Gasteiger partial charge in [0.2, 0.25) is 0 Å². The van der Waals surface area contributed by atoms with Gasteiger partial charge < -0.3 is 10.5 Å². The Hall–Kier alpha value is -1.80. The van der Waals surface area contributed by atoms with Crippen molar-refractivity contribution in [3.05, 3.63) is 53.1 Å². The Balaban J connectivity index is 1.75. The third-order valence-corrected chi connectivity index (χ3v) is 5.08. The Kier molecular flexibility index (Phi) is 3.00. The van der Waals surface area contributed by atoms with Crippen LogP contribution in [0, 0.1) is 0 Å². The number of rotatable bonds is 2. The standard InChI is InChI=1S/C19H21NO/c1-12(18-7-4-10-21-18)14-8-9-16-15-6-3-2-5-13(15)11-17(16)19(14)20/h2-3,5-6,8-9,12,18H,4,7,10-11,20H2,1H3. The molecule has 2 aromatic rings. The van der Waals surface area contributed by atoms with Gasteiger partial charge in [-0.1, -0.05) is 43.3 Å². The highest BCUT2D eigenvalue weighted by molar-refractivity contribution is 5.82. The van der Waals surface area contributed by atoms with E-state index < -0.39 is 0 Å². The van der Waals surface area contributed by atoms with Crippen molar-refractivity contribution in [2.24, 2.45) is 0 Å². The van der Waals surface area contributed by atoms with Gasteiger partial charge in [-0.2, -0.15) is 0 Å². The smallest absolute Gasteiger partial charge is 0.0642 e. The Bertz CT molecular complexity index is 686. The summed E-state index contributed by atoms with van der Waals surface area (Å²) in [6.07, 6.45) is 3.61. The highest BCUT2D eigenvalue weighted by Gasteiger charge is 2.28. The molecule has 2 unspecified atom stereocenters. The van der Waals surface area contributed by atoms with E-state index in [1.165, 1.54) is 34.2 Å². The van der Waals surface area contributed by atoms with Crippen molar-refractivity contribution in [3.8, 4) is 11.1 Å². The van der Waals surface area contributed by atoms with Gasteiger partial charge in [0.1, 0.15) is 0 Å². The summed E-state index contributed by atoms with van der Waals surface area (Å²) in [5, 5.41) is 0. The number of fused-ring (bicyclic) bond motifs is 3. The molecule has 0 radical (unpaired) electrons. The molecule has 0 saturated carbocycles. The van der Waals surface area contributed by atoms with E-state index in [1.807, 2.05) is 0 Å². The SMILES string of the molecule is CC(c1ccc2c(c1N)Cc1ccccc1-2)C1CCCO1. The zero-order valence-electron chi connectivity index (χ0n) is 12.4. The van der Waals surface area contributed by atoms with E-state index in [2.05, 4.69) is 43.3 Å². The van der Waals surface area contributed by atoms with Gasteiger partial charge in [-0.15, -0.1) is 0 Å². The molecule has 0 amide bonds. The average Bonchev–Trinajstić information content (AvgIpc) is 3.15. The maximum atomic E-state index is 6.53. The molecule has 2 heteroatoms. The maximum absolute atomic E-state index is 6.53. The van der Waals surface area contributed by atoms with Crippen LogP contribution in [-0.4, -0.2) is 12.7 Å². The van der Waals surface area contributed by atoms with Crippen LogP contribution in [-0.2, 0) is 11.2 Å². The van der Waals surface area contributed by atoms with Crippen molar-refractivity contribution >= 4 is 5.69 Å². The maximum Gasteiger partial charge on any atom is 0.0642 e. The fraction of sp³-hybridized carbons (Fsp3) is 0.368. The molecule has 1 heterocycles. The normalized spacial score (nSPS) is 21.1. The number of nitrogen functional groups attached to an aromatic ring is 1. The molecule has 2 atom stereocenters. The first kappa shape index (κ1) is 12.9. The lowest BCUT2D eigenvalue weighted by Crippen LogP contribution is -2.16. The van der Waals surface area contributed by atoms with Gasteiger partial charge in [-0.05, 0) is 40.7 Å². The minimum atomic E-state index is 0.328. The van der Waals surface area contributed by atoms with Crippen LogP contribution in [0.2, 0.25) is 0 Å². The van der Waals surface area contributed by atoms with Crippen molar-refractivity contribution in [2.75, 3.05) is 12.3 Å². The van der Waals surface area contributed by atoms with Crippen molar-refractivity contribution in [1.29, 1.82) is 0 Å². The number of nitrogens with two attached hydrogens (primary N) is 1. The molecule has 21 heavy (non-hydrogen) atoms. The molecule has 1 fully saturated rings. The second-order valence-corrected chi connectivity index (χ2v) is 6.27. The van der Waals surface area contributed by atoms with Gasteiger partial charge in [0, 0.05) is 24.6 Å². The number of hydrogen-bond donors (Lipinski definition) is 1. The molecule has 2 aliphatic rings. The second-order valence-electron chi connectivity index (χ2n) is 6.27. The lowest BCUT2D eigenvalue weighted by molar-refractivity contribution is 0.0933. The Morgan fingerprint density at radius 3 is 2.81 bits per heavy atom. The van der Waals surface area contributed by atoms with Crippen molar-refractivity contribution in [1.82, 2.24) is 0 Å². The summed E-state index contributed by atoms with van der Waals surface area (Å²) in [7, 11) is 0. The van der Waals surface area contributed by atoms with E-state index in [0.29, 0.717) is 12.0 Å². The van der Waals surface area contributed by atoms with Crippen LogP contribution >= 0.6 is 0 Å².